The number of nitrogens with one attached hydrogen (secondary N) is 1. The molecule has 5 heteroatoms. The average Bonchev–Trinajstić information content (AvgIpc) is 2.64. The topological polar surface area (TPSA) is 62.1 Å². The molecule has 2 rings (SSSR count). The number of hydrogen-bond donors (Lipinski definition) is 1. The molecule has 136 valence electrons. The van der Waals surface area contributed by atoms with Crippen LogP contribution in [-0.2, 0) is 9.53 Å². The number of rotatable bonds is 8. The van der Waals surface area contributed by atoms with Crippen LogP contribution in [0.3, 0.4) is 0 Å². The van der Waals surface area contributed by atoms with Gasteiger partial charge in [0.1, 0.15) is 18.8 Å². The van der Waals surface area contributed by atoms with E-state index >= 15 is 0 Å². The number of nitrogens with zero attached hydrogens (tertiary/aromatic N) is 1. The SMILES string of the molecule is CC(C)CC(OC(c1ccccc1)c1ccc(Br)cc1)C(=O)NCC#N. The normalized spacial score (nSPS) is 13.0. The molecular formula is C21H23BrN2O2. The fourth-order valence-electron chi connectivity index (χ4n) is 2.67. The lowest BCUT2D eigenvalue weighted by molar-refractivity contribution is -0.136. The molecule has 2 aromatic rings. The number of nitriles is 1. The van der Waals surface area contributed by atoms with Crippen molar-refractivity contribution in [1.82, 2.24) is 5.32 Å². The van der Waals surface area contributed by atoms with E-state index in [9.17, 15) is 4.79 Å². The maximum Gasteiger partial charge on any atom is 0.250 e. The highest BCUT2D eigenvalue weighted by Gasteiger charge is 2.26. The molecule has 0 aliphatic heterocycles. The first-order valence-electron chi connectivity index (χ1n) is 8.61. The Bertz CT molecular complexity index is 739. The van der Waals surface area contributed by atoms with Crippen LogP contribution in [-0.4, -0.2) is 18.6 Å². The van der Waals surface area contributed by atoms with Crippen LogP contribution in [0.5, 0.6) is 0 Å². The van der Waals surface area contributed by atoms with Crippen LogP contribution in [0, 0.1) is 17.2 Å². The van der Waals surface area contributed by atoms with Crippen molar-refractivity contribution in [3.63, 3.8) is 0 Å². The first-order chi connectivity index (χ1) is 12.5. The van der Waals surface area contributed by atoms with Gasteiger partial charge in [-0.25, -0.2) is 0 Å². The Morgan fingerprint density at radius 2 is 1.73 bits per heavy atom. The number of carbonyl (C=O) groups excluding carboxylic acids is 1. The van der Waals surface area contributed by atoms with Gasteiger partial charge in [-0.05, 0) is 35.6 Å². The molecule has 0 radical (unpaired) electrons. The van der Waals surface area contributed by atoms with Gasteiger partial charge in [0.2, 0.25) is 5.91 Å². The quantitative estimate of drug-likeness (QED) is 0.641. The summed E-state index contributed by atoms with van der Waals surface area (Å²) < 4.78 is 7.28. The Morgan fingerprint density at radius 3 is 2.31 bits per heavy atom. The highest BCUT2D eigenvalue weighted by molar-refractivity contribution is 9.10. The van der Waals surface area contributed by atoms with Gasteiger partial charge in [-0.15, -0.1) is 0 Å². The predicted octanol–water partition coefficient (Wildman–Crippen LogP) is 4.61. The standard InChI is InChI=1S/C21H23BrN2O2/c1-15(2)14-19(21(25)24-13-12-23)26-20(16-6-4-3-5-7-16)17-8-10-18(22)11-9-17/h3-11,15,19-20H,13-14H2,1-2H3,(H,24,25). The fraction of sp³-hybridized carbons (Fsp3) is 0.333. The Hall–Kier alpha value is -2.16. The molecule has 4 nitrogen and oxygen atoms in total. The summed E-state index contributed by atoms with van der Waals surface area (Å²) in [6.07, 6.45) is -0.407. The Labute approximate surface area is 163 Å². The summed E-state index contributed by atoms with van der Waals surface area (Å²) in [5.41, 5.74) is 1.96. The zero-order valence-corrected chi connectivity index (χ0v) is 16.6. The molecule has 0 aromatic heterocycles. The summed E-state index contributed by atoms with van der Waals surface area (Å²) in [5, 5.41) is 11.4. The molecular weight excluding hydrogens is 392 g/mol. The van der Waals surface area contributed by atoms with Crippen LogP contribution in [0.2, 0.25) is 0 Å². The van der Waals surface area contributed by atoms with Gasteiger partial charge < -0.3 is 10.1 Å². The third-order valence-corrected chi connectivity index (χ3v) is 4.42. The van der Waals surface area contributed by atoms with Gasteiger partial charge in [-0.3, -0.25) is 4.79 Å². The molecule has 0 saturated carbocycles. The molecule has 0 spiro atoms. The number of benzene rings is 2. The van der Waals surface area contributed by atoms with E-state index in [1.165, 1.54) is 0 Å². The Kier molecular flexibility index (Phi) is 7.83. The van der Waals surface area contributed by atoms with Crippen molar-refractivity contribution in [2.45, 2.75) is 32.5 Å². The van der Waals surface area contributed by atoms with Gasteiger partial charge >= 0.3 is 0 Å². The molecule has 26 heavy (non-hydrogen) atoms. The summed E-state index contributed by atoms with van der Waals surface area (Å²) in [7, 11) is 0. The second-order valence-corrected chi connectivity index (χ2v) is 7.39. The Morgan fingerprint density at radius 1 is 1.12 bits per heavy atom. The third-order valence-electron chi connectivity index (χ3n) is 3.90. The molecule has 1 amide bonds. The minimum Gasteiger partial charge on any atom is -0.356 e. The largest absolute Gasteiger partial charge is 0.356 e. The first-order valence-corrected chi connectivity index (χ1v) is 9.41. The zero-order chi connectivity index (χ0) is 18.9. The monoisotopic (exact) mass is 414 g/mol. The lowest BCUT2D eigenvalue weighted by atomic mass is 10.00. The summed E-state index contributed by atoms with van der Waals surface area (Å²) in [6, 6.07) is 19.7. The molecule has 0 bridgehead atoms. The van der Waals surface area contributed by atoms with E-state index < -0.39 is 6.10 Å². The molecule has 1 N–H and O–H groups in total. The van der Waals surface area contributed by atoms with E-state index in [-0.39, 0.29) is 24.5 Å². The van der Waals surface area contributed by atoms with E-state index in [2.05, 4.69) is 21.2 Å². The van der Waals surface area contributed by atoms with E-state index in [0.717, 1.165) is 15.6 Å². The van der Waals surface area contributed by atoms with Crippen molar-refractivity contribution in [3.05, 3.63) is 70.2 Å². The predicted molar refractivity (Wildman–Crippen MR) is 105 cm³/mol. The minimum atomic E-state index is -0.628. The van der Waals surface area contributed by atoms with Crippen molar-refractivity contribution in [2.75, 3.05) is 6.54 Å². The maximum absolute atomic E-state index is 12.5. The van der Waals surface area contributed by atoms with Crippen molar-refractivity contribution >= 4 is 21.8 Å². The average molecular weight is 415 g/mol. The van der Waals surface area contributed by atoms with Crippen LogP contribution in [0.4, 0.5) is 0 Å². The number of hydrogen-bond acceptors (Lipinski definition) is 3. The number of amides is 1. The van der Waals surface area contributed by atoms with E-state index in [0.29, 0.717) is 6.42 Å². The summed E-state index contributed by atoms with van der Waals surface area (Å²) in [6.45, 7) is 4.07. The fourth-order valence-corrected chi connectivity index (χ4v) is 2.94. The molecule has 2 unspecified atom stereocenters. The zero-order valence-electron chi connectivity index (χ0n) is 15.0. The maximum atomic E-state index is 12.5. The van der Waals surface area contributed by atoms with E-state index in [1.54, 1.807) is 0 Å². The van der Waals surface area contributed by atoms with Gasteiger partial charge in [0.05, 0.1) is 6.07 Å². The molecule has 0 aliphatic carbocycles. The van der Waals surface area contributed by atoms with Gasteiger partial charge in [0.15, 0.2) is 0 Å². The van der Waals surface area contributed by atoms with Crippen LogP contribution in [0.1, 0.15) is 37.5 Å². The van der Waals surface area contributed by atoms with Crippen molar-refractivity contribution < 1.29 is 9.53 Å². The highest BCUT2D eigenvalue weighted by Crippen LogP contribution is 2.29. The van der Waals surface area contributed by atoms with Gasteiger partial charge in [-0.1, -0.05) is 72.2 Å². The lowest BCUT2D eigenvalue weighted by Gasteiger charge is -2.26. The van der Waals surface area contributed by atoms with E-state index in [4.69, 9.17) is 10.00 Å². The third kappa shape index (κ3) is 5.98. The molecule has 0 fully saturated rings. The van der Waals surface area contributed by atoms with Gasteiger partial charge in [0.25, 0.3) is 0 Å². The second kappa shape index (κ2) is 10.1. The van der Waals surface area contributed by atoms with Crippen LogP contribution in [0.25, 0.3) is 0 Å². The molecule has 0 saturated heterocycles. The van der Waals surface area contributed by atoms with Crippen LogP contribution in [0.15, 0.2) is 59.1 Å². The minimum absolute atomic E-state index is 0.0227. The van der Waals surface area contributed by atoms with Gasteiger partial charge in [-0.2, -0.15) is 5.26 Å². The first kappa shape index (κ1) is 20.2. The number of ether oxygens (including phenoxy) is 1. The highest BCUT2D eigenvalue weighted by atomic mass is 79.9. The molecule has 2 atom stereocenters. The van der Waals surface area contributed by atoms with Crippen LogP contribution < -0.4 is 5.32 Å². The van der Waals surface area contributed by atoms with Gasteiger partial charge in [0, 0.05) is 4.47 Å². The smallest absolute Gasteiger partial charge is 0.250 e. The summed E-state index contributed by atoms with van der Waals surface area (Å²) in [5.74, 6) is 0.0347. The van der Waals surface area contributed by atoms with Crippen molar-refractivity contribution in [2.24, 2.45) is 5.92 Å². The molecule has 0 heterocycles. The number of halogens is 1. The molecule has 2 aromatic carbocycles. The summed E-state index contributed by atoms with van der Waals surface area (Å²) >= 11 is 3.45. The summed E-state index contributed by atoms with van der Waals surface area (Å²) in [4.78, 5) is 12.5. The second-order valence-electron chi connectivity index (χ2n) is 6.47. The Balaban J connectivity index is 2.32. The number of carbonyl (C=O) groups is 1. The van der Waals surface area contributed by atoms with E-state index in [1.807, 2.05) is 74.5 Å². The van der Waals surface area contributed by atoms with Crippen molar-refractivity contribution in [1.29, 1.82) is 5.26 Å². The lowest BCUT2D eigenvalue weighted by Crippen LogP contribution is -2.38. The van der Waals surface area contributed by atoms with Crippen molar-refractivity contribution in [3.8, 4) is 6.07 Å². The van der Waals surface area contributed by atoms with Crippen LogP contribution >= 0.6 is 15.9 Å². The molecule has 0 aliphatic rings.